The summed E-state index contributed by atoms with van der Waals surface area (Å²) < 4.78 is 17.1. The molecule has 0 radical (unpaired) electrons. The highest BCUT2D eigenvalue weighted by Crippen LogP contribution is 2.29. The molecule has 1 aliphatic heterocycles. The molecule has 1 saturated heterocycles. The standard InChI is InChI=1S/C30H31FN6S/c1-4-36-27(17-26-9-5-6-10-28(26)36)21-35-14-11-25(12-15-35)22(2)16-30(33-19-24-8-7-13-32-18-24)37-23(3)29(38-31)20-34-37/h1,5-10,13,16-18,20,25,33H,2,11-12,14-15,19,21H2,3H3/b30-16-. The molecular formula is C30H31FN6S. The Bertz CT molecular complexity index is 1490. The summed E-state index contributed by atoms with van der Waals surface area (Å²) in [6.07, 6.45) is 15.0. The minimum Gasteiger partial charge on any atom is -0.366 e. The number of allylic oxidation sites excluding steroid dienone is 2. The van der Waals surface area contributed by atoms with Crippen molar-refractivity contribution >= 4 is 28.9 Å². The number of benzene rings is 1. The average Bonchev–Trinajstić information content (AvgIpc) is 3.50. The van der Waals surface area contributed by atoms with E-state index in [9.17, 15) is 3.89 Å². The van der Waals surface area contributed by atoms with Crippen LogP contribution < -0.4 is 5.32 Å². The molecule has 0 saturated carbocycles. The monoisotopic (exact) mass is 526 g/mol. The Morgan fingerprint density at radius 3 is 2.76 bits per heavy atom. The van der Waals surface area contributed by atoms with E-state index in [4.69, 9.17) is 6.42 Å². The molecule has 4 aromatic rings. The van der Waals surface area contributed by atoms with E-state index in [2.05, 4.69) is 57.2 Å². The van der Waals surface area contributed by atoms with Crippen LogP contribution in [-0.2, 0) is 13.1 Å². The Morgan fingerprint density at radius 2 is 2.05 bits per heavy atom. The van der Waals surface area contributed by atoms with Gasteiger partial charge in [0, 0.05) is 42.6 Å². The molecule has 0 aliphatic carbocycles. The molecule has 0 spiro atoms. The summed E-state index contributed by atoms with van der Waals surface area (Å²) in [4.78, 5) is 7.16. The number of hydrogen-bond donors (Lipinski definition) is 1. The highest BCUT2D eigenvalue weighted by Gasteiger charge is 2.23. The summed E-state index contributed by atoms with van der Waals surface area (Å²) >= 11 is 0.209. The van der Waals surface area contributed by atoms with Crippen molar-refractivity contribution < 1.29 is 3.89 Å². The molecule has 0 unspecified atom stereocenters. The van der Waals surface area contributed by atoms with Crippen LogP contribution >= 0.6 is 12.1 Å². The molecule has 1 N–H and O–H groups in total. The first-order chi connectivity index (χ1) is 18.6. The van der Waals surface area contributed by atoms with Crippen LogP contribution in [0.25, 0.3) is 16.7 Å². The molecule has 8 heteroatoms. The molecule has 194 valence electrons. The highest BCUT2D eigenvalue weighted by atomic mass is 32.2. The number of nitrogens with zero attached hydrogens (tertiary/aromatic N) is 5. The highest BCUT2D eigenvalue weighted by molar-refractivity contribution is 7.94. The second-order valence-corrected chi connectivity index (χ2v) is 10.2. The van der Waals surface area contributed by atoms with Crippen molar-refractivity contribution in [2.24, 2.45) is 5.92 Å². The van der Waals surface area contributed by atoms with Crippen LogP contribution in [0.2, 0.25) is 0 Å². The van der Waals surface area contributed by atoms with Gasteiger partial charge < -0.3 is 5.32 Å². The number of para-hydroxylation sites is 1. The van der Waals surface area contributed by atoms with Crippen LogP contribution in [0.5, 0.6) is 0 Å². The van der Waals surface area contributed by atoms with Crippen molar-refractivity contribution in [2.45, 2.75) is 37.8 Å². The van der Waals surface area contributed by atoms with Gasteiger partial charge in [0.1, 0.15) is 5.82 Å². The normalized spacial score (nSPS) is 15.0. The number of aromatic nitrogens is 4. The fourth-order valence-electron chi connectivity index (χ4n) is 5.06. The number of terminal acetylenes is 1. The molecule has 1 aliphatic rings. The van der Waals surface area contributed by atoms with E-state index in [0.29, 0.717) is 17.4 Å². The molecule has 38 heavy (non-hydrogen) atoms. The van der Waals surface area contributed by atoms with Gasteiger partial charge in [0.05, 0.1) is 34.5 Å². The maximum atomic E-state index is 13.3. The van der Waals surface area contributed by atoms with Crippen LogP contribution in [0.4, 0.5) is 3.89 Å². The molecular weight excluding hydrogens is 495 g/mol. The predicted octanol–water partition coefficient (Wildman–Crippen LogP) is 6.01. The van der Waals surface area contributed by atoms with Crippen molar-refractivity contribution in [1.82, 2.24) is 29.5 Å². The first-order valence-electron chi connectivity index (χ1n) is 12.7. The van der Waals surface area contributed by atoms with Gasteiger partial charge in [0.25, 0.3) is 0 Å². The first-order valence-corrected chi connectivity index (χ1v) is 13.4. The maximum absolute atomic E-state index is 13.3. The summed E-state index contributed by atoms with van der Waals surface area (Å²) in [5, 5.41) is 9.07. The summed E-state index contributed by atoms with van der Waals surface area (Å²) in [5.41, 5.74) is 5.05. The molecule has 1 fully saturated rings. The van der Waals surface area contributed by atoms with Crippen LogP contribution in [0.15, 0.2) is 84.2 Å². The molecule has 0 bridgehead atoms. The van der Waals surface area contributed by atoms with Gasteiger partial charge in [-0.15, -0.1) is 0 Å². The molecule has 1 aromatic carbocycles. The zero-order valence-corrected chi connectivity index (χ0v) is 22.3. The number of hydrogen-bond acceptors (Lipinski definition) is 5. The molecule has 5 rings (SSSR count). The number of fused-ring (bicyclic) bond motifs is 1. The van der Waals surface area contributed by atoms with Crippen molar-refractivity contribution in [2.75, 3.05) is 13.1 Å². The SMILES string of the molecule is C#Cn1c(CN2CCC(C(=C)/C=C(/NCc3cccnc3)n3ncc(SF)c3C)CC2)cc2ccccc21. The van der Waals surface area contributed by atoms with Gasteiger partial charge in [-0.3, -0.25) is 14.5 Å². The quantitative estimate of drug-likeness (QED) is 0.214. The lowest BCUT2D eigenvalue weighted by Gasteiger charge is -2.32. The van der Waals surface area contributed by atoms with Gasteiger partial charge in [0.15, 0.2) is 0 Å². The van der Waals surface area contributed by atoms with Crippen LogP contribution in [0, 0.1) is 25.3 Å². The Morgan fingerprint density at radius 1 is 1.24 bits per heavy atom. The van der Waals surface area contributed by atoms with Gasteiger partial charge >= 0.3 is 0 Å². The third-order valence-corrected chi connectivity index (χ3v) is 7.78. The third kappa shape index (κ3) is 5.54. The van der Waals surface area contributed by atoms with Crippen LogP contribution in [0.3, 0.4) is 0 Å². The number of piperidine rings is 1. The molecule has 6 nitrogen and oxygen atoms in total. The van der Waals surface area contributed by atoms with Gasteiger partial charge in [-0.05, 0) is 74.2 Å². The van der Waals surface area contributed by atoms with E-state index in [-0.39, 0.29) is 12.1 Å². The summed E-state index contributed by atoms with van der Waals surface area (Å²) in [5.74, 6) is 1.13. The van der Waals surface area contributed by atoms with Crippen molar-refractivity contribution in [3.05, 3.63) is 96.2 Å². The summed E-state index contributed by atoms with van der Waals surface area (Å²) in [6, 6.07) is 17.2. The van der Waals surface area contributed by atoms with Gasteiger partial charge in [-0.2, -0.15) is 8.98 Å². The summed E-state index contributed by atoms with van der Waals surface area (Å²) in [6.45, 7) is 9.61. The smallest absolute Gasteiger partial charge is 0.128 e. The third-order valence-electron chi connectivity index (χ3n) is 7.21. The van der Waals surface area contributed by atoms with Crippen molar-refractivity contribution in [1.29, 1.82) is 0 Å². The lowest BCUT2D eigenvalue weighted by molar-refractivity contribution is 0.190. The fraction of sp³-hybridized carbons (Fsp3) is 0.267. The molecule has 0 atom stereocenters. The first kappa shape index (κ1) is 25.8. The van der Waals surface area contributed by atoms with E-state index < -0.39 is 0 Å². The number of likely N-dealkylation sites (tertiary alicyclic amines) is 1. The minimum absolute atomic E-state index is 0.209. The van der Waals surface area contributed by atoms with E-state index in [1.54, 1.807) is 17.1 Å². The number of nitrogens with one attached hydrogen (secondary N) is 1. The van der Waals surface area contributed by atoms with E-state index in [0.717, 1.165) is 66.3 Å². The van der Waals surface area contributed by atoms with Gasteiger partial charge in [-0.1, -0.05) is 37.3 Å². The number of pyridine rings is 1. The van der Waals surface area contributed by atoms with Crippen LogP contribution in [0.1, 0.15) is 29.8 Å². The zero-order chi connectivity index (χ0) is 26.5. The van der Waals surface area contributed by atoms with E-state index in [1.807, 2.05) is 42.0 Å². The van der Waals surface area contributed by atoms with Crippen LogP contribution in [-0.4, -0.2) is 37.3 Å². The number of rotatable bonds is 9. The topological polar surface area (TPSA) is 50.9 Å². The van der Waals surface area contributed by atoms with Gasteiger partial charge in [0.2, 0.25) is 0 Å². The Hall–Kier alpha value is -3.80. The van der Waals surface area contributed by atoms with E-state index >= 15 is 0 Å². The van der Waals surface area contributed by atoms with Crippen molar-refractivity contribution in [3.8, 4) is 12.5 Å². The Labute approximate surface area is 227 Å². The molecule has 3 aromatic heterocycles. The van der Waals surface area contributed by atoms with Gasteiger partial charge in [-0.25, -0.2) is 4.68 Å². The van der Waals surface area contributed by atoms with E-state index in [1.165, 1.54) is 5.39 Å². The Balaban J connectivity index is 1.27. The molecule has 0 amide bonds. The predicted molar refractivity (Wildman–Crippen MR) is 153 cm³/mol. The molecule has 4 heterocycles. The average molecular weight is 527 g/mol. The Kier molecular flexibility index (Phi) is 7.97. The lowest BCUT2D eigenvalue weighted by atomic mass is 9.89. The largest absolute Gasteiger partial charge is 0.366 e. The maximum Gasteiger partial charge on any atom is 0.128 e. The second-order valence-electron chi connectivity index (χ2n) is 9.61. The fourth-order valence-corrected chi connectivity index (χ4v) is 5.35. The van der Waals surface area contributed by atoms with Crippen molar-refractivity contribution in [3.63, 3.8) is 0 Å². The minimum atomic E-state index is 0.209. The lowest BCUT2D eigenvalue weighted by Crippen LogP contribution is -2.34. The number of halogens is 1. The zero-order valence-electron chi connectivity index (χ0n) is 21.5. The second kappa shape index (κ2) is 11.7. The summed E-state index contributed by atoms with van der Waals surface area (Å²) in [7, 11) is 0.